The zero-order valence-electron chi connectivity index (χ0n) is 11.8. The van der Waals surface area contributed by atoms with E-state index in [-0.39, 0.29) is 0 Å². The molecule has 122 valence electrons. The highest BCUT2D eigenvalue weighted by atomic mass is 35.5. The van der Waals surface area contributed by atoms with Crippen LogP contribution in [0.2, 0.25) is 20.1 Å². The minimum Gasteiger partial charge on any atom is -0.489 e. The molecule has 1 aliphatic heterocycles. The van der Waals surface area contributed by atoms with Crippen LogP contribution in [0.4, 0.5) is 0 Å². The van der Waals surface area contributed by atoms with Gasteiger partial charge in [0.05, 0.1) is 16.7 Å². The van der Waals surface area contributed by atoms with Gasteiger partial charge in [0.2, 0.25) is 0 Å². The van der Waals surface area contributed by atoms with Gasteiger partial charge in [0.25, 0.3) is 0 Å². The molecule has 1 saturated heterocycles. The quantitative estimate of drug-likeness (QED) is 0.604. The molecule has 0 aromatic heterocycles. The Kier molecular flexibility index (Phi) is 5.14. The smallest absolute Gasteiger partial charge is 0.159 e. The third kappa shape index (κ3) is 4.37. The van der Waals surface area contributed by atoms with Crippen molar-refractivity contribution in [3.05, 3.63) is 56.5 Å². The van der Waals surface area contributed by atoms with Crippen LogP contribution in [0.1, 0.15) is 0 Å². The van der Waals surface area contributed by atoms with Crippen LogP contribution in [-0.4, -0.2) is 25.4 Å². The van der Waals surface area contributed by atoms with E-state index in [0.29, 0.717) is 51.4 Å². The molecule has 7 heteroatoms. The van der Waals surface area contributed by atoms with E-state index >= 15 is 0 Å². The first-order valence-electron chi connectivity index (χ1n) is 6.77. The summed E-state index contributed by atoms with van der Waals surface area (Å²) in [5.74, 6) is 1.10. The Bertz CT molecular complexity index is 659. The van der Waals surface area contributed by atoms with Crippen molar-refractivity contribution in [1.29, 1.82) is 0 Å². The van der Waals surface area contributed by atoms with Gasteiger partial charge < -0.3 is 14.2 Å². The number of hydrogen-bond donors (Lipinski definition) is 0. The first-order valence-corrected chi connectivity index (χ1v) is 8.28. The summed E-state index contributed by atoms with van der Waals surface area (Å²) in [6, 6.07) is 10.1. The molecule has 2 aromatic carbocycles. The van der Waals surface area contributed by atoms with E-state index in [0.717, 1.165) is 0 Å². The van der Waals surface area contributed by atoms with Crippen molar-refractivity contribution < 1.29 is 14.2 Å². The summed E-state index contributed by atoms with van der Waals surface area (Å²) in [6.07, 6.45) is 0. The Hall–Kier alpha value is -0.840. The zero-order chi connectivity index (χ0) is 16.4. The normalized spacial score (nSPS) is 15.3. The van der Waals surface area contributed by atoms with Crippen LogP contribution >= 0.6 is 46.4 Å². The second kappa shape index (κ2) is 6.96. The number of rotatable bonds is 6. The van der Waals surface area contributed by atoms with E-state index in [1.165, 1.54) is 0 Å². The van der Waals surface area contributed by atoms with Crippen LogP contribution in [-0.2, 0) is 4.74 Å². The number of ether oxygens (including phenoxy) is 3. The minimum absolute atomic E-state index is 0.319. The molecule has 0 spiro atoms. The molecule has 0 amide bonds. The maximum atomic E-state index is 6.08. The number of epoxide rings is 1. The maximum absolute atomic E-state index is 6.08. The molecule has 0 saturated carbocycles. The van der Waals surface area contributed by atoms with Crippen LogP contribution < -0.4 is 9.47 Å². The molecule has 0 N–H and O–H groups in total. The van der Waals surface area contributed by atoms with E-state index in [2.05, 4.69) is 0 Å². The lowest BCUT2D eigenvalue weighted by Crippen LogP contribution is -2.29. The minimum atomic E-state index is -0.494. The largest absolute Gasteiger partial charge is 0.489 e. The van der Waals surface area contributed by atoms with Gasteiger partial charge in [-0.2, -0.15) is 0 Å². The molecule has 3 nitrogen and oxygen atoms in total. The highest BCUT2D eigenvalue weighted by Crippen LogP contribution is 2.34. The fraction of sp³-hybridized carbons (Fsp3) is 0.250. The van der Waals surface area contributed by atoms with Crippen molar-refractivity contribution in [1.82, 2.24) is 0 Å². The molecule has 1 fully saturated rings. The Balaban J connectivity index is 1.57. The Morgan fingerprint density at radius 1 is 0.826 bits per heavy atom. The number of halogens is 4. The molecule has 2 aromatic rings. The highest BCUT2D eigenvalue weighted by molar-refractivity contribution is 6.36. The van der Waals surface area contributed by atoms with E-state index in [4.69, 9.17) is 60.6 Å². The molecule has 23 heavy (non-hydrogen) atoms. The van der Waals surface area contributed by atoms with Gasteiger partial charge in [-0.05, 0) is 36.4 Å². The molecular weight excluding hydrogens is 382 g/mol. The SMILES string of the molecule is Clc1ccc(OCC2(COc3ccc(Cl)cc3Cl)CO2)c(Cl)c1. The molecule has 0 bridgehead atoms. The summed E-state index contributed by atoms with van der Waals surface area (Å²) in [7, 11) is 0. The van der Waals surface area contributed by atoms with Crippen LogP contribution in [0.3, 0.4) is 0 Å². The van der Waals surface area contributed by atoms with Crippen LogP contribution in [0, 0.1) is 0 Å². The summed E-state index contributed by atoms with van der Waals surface area (Å²) in [4.78, 5) is 0. The first kappa shape index (κ1) is 17.0. The van der Waals surface area contributed by atoms with Crippen molar-refractivity contribution in [2.45, 2.75) is 5.60 Å². The van der Waals surface area contributed by atoms with Crippen molar-refractivity contribution in [3.8, 4) is 11.5 Å². The third-order valence-electron chi connectivity index (χ3n) is 3.32. The Labute approximate surface area is 153 Å². The van der Waals surface area contributed by atoms with Gasteiger partial charge in [0, 0.05) is 10.0 Å². The summed E-state index contributed by atoms with van der Waals surface area (Å²) >= 11 is 23.9. The standard InChI is InChI=1S/C16H12Cl4O3/c17-10-1-3-14(12(19)5-10)21-7-16(9-23-16)8-22-15-4-2-11(18)6-13(15)20/h1-6H,7-9H2. The lowest BCUT2D eigenvalue weighted by atomic mass is 10.2. The van der Waals surface area contributed by atoms with E-state index in [1.807, 2.05) is 0 Å². The van der Waals surface area contributed by atoms with Gasteiger partial charge in [-0.1, -0.05) is 46.4 Å². The van der Waals surface area contributed by atoms with Gasteiger partial charge in [0.15, 0.2) is 5.60 Å². The van der Waals surface area contributed by atoms with Gasteiger partial charge in [-0.3, -0.25) is 0 Å². The van der Waals surface area contributed by atoms with Gasteiger partial charge in [-0.25, -0.2) is 0 Å². The summed E-state index contributed by atoms with van der Waals surface area (Å²) < 4.78 is 16.9. The second-order valence-electron chi connectivity index (χ2n) is 5.20. The molecule has 0 unspecified atom stereocenters. The molecule has 0 radical (unpaired) electrons. The molecular formula is C16H12Cl4O3. The Morgan fingerprint density at radius 2 is 1.26 bits per heavy atom. The van der Waals surface area contributed by atoms with E-state index in [9.17, 15) is 0 Å². The van der Waals surface area contributed by atoms with Crippen LogP contribution in [0.5, 0.6) is 11.5 Å². The molecule has 0 atom stereocenters. The number of benzene rings is 2. The Morgan fingerprint density at radius 3 is 1.61 bits per heavy atom. The van der Waals surface area contributed by atoms with Crippen LogP contribution in [0.25, 0.3) is 0 Å². The summed E-state index contributed by atoms with van der Waals surface area (Å²) in [5, 5.41) is 2.02. The van der Waals surface area contributed by atoms with Gasteiger partial charge >= 0.3 is 0 Å². The fourth-order valence-corrected chi connectivity index (χ4v) is 2.84. The average molecular weight is 394 g/mol. The van der Waals surface area contributed by atoms with E-state index in [1.54, 1.807) is 36.4 Å². The predicted molar refractivity (Wildman–Crippen MR) is 92.6 cm³/mol. The summed E-state index contributed by atoms with van der Waals surface area (Å²) in [5.41, 5.74) is -0.494. The van der Waals surface area contributed by atoms with E-state index < -0.39 is 5.60 Å². The monoisotopic (exact) mass is 392 g/mol. The fourth-order valence-electron chi connectivity index (χ4n) is 1.91. The molecule has 0 aliphatic carbocycles. The lowest BCUT2D eigenvalue weighted by Gasteiger charge is -2.16. The second-order valence-corrected chi connectivity index (χ2v) is 6.89. The maximum Gasteiger partial charge on any atom is 0.159 e. The topological polar surface area (TPSA) is 31.0 Å². The van der Waals surface area contributed by atoms with Crippen LogP contribution in [0.15, 0.2) is 36.4 Å². The van der Waals surface area contributed by atoms with Crippen molar-refractivity contribution >= 4 is 46.4 Å². The lowest BCUT2D eigenvalue weighted by molar-refractivity contribution is 0.130. The average Bonchev–Trinajstić information content (AvgIpc) is 3.26. The molecule has 1 heterocycles. The van der Waals surface area contributed by atoms with Crippen molar-refractivity contribution in [3.63, 3.8) is 0 Å². The third-order valence-corrected chi connectivity index (χ3v) is 4.38. The zero-order valence-corrected chi connectivity index (χ0v) is 14.8. The van der Waals surface area contributed by atoms with Gasteiger partial charge in [0.1, 0.15) is 24.7 Å². The highest BCUT2D eigenvalue weighted by Gasteiger charge is 2.47. The summed E-state index contributed by atoms with van der Waals surface area (Å²) in [6.45, 7) is 1.18. The van der Waals surface area contributed by atoms with Gasteiger partial charge in [-0.15, -0.1) is 0 Å². The number of hydrogen-bond acceptors (Lipinski definition) is 3. The molecule has 3 rings (SSSR count). The predicted octanol–water partition coefficient (Wildman–Crippen LogP) is 5.53. The van der Waals surface area contributed by atoms with Crippen molar-refractivity contribution in [2.75, 3.05) is 19.8 Å². The molecule has 1 aliphatic rings. The first-order chi connectivity index (χ1) is 11.0. The van der Waals surface area contributed by atoms with Crippen molar-refractivity contribution in [2.24, 2.45) is 0 Å².